The Balaban J connectivity index is 1.29. The van der Waals surface area contributed by atoms with Gasteiger partial charge >= 0.3 is 0 Å². The van der Waals surface area contributed by atoms with E-state index in [4.69, 9.17) is 5.73 Å². The Kier molecular flexibility index (Phi) is 9.45. The average Bonchev–Trinajstić information content (AvgIpc) is 3.09. The highest BCUT2D eigenvalue weighted by molar-refractivity contribution is 5.97. The molecule has 0 bridgehead atoms. The molecule has 2 heterocycles. The van der Waals surface area contributed by atoms with Crippen LogP contribution in [0.2, 0.25) is 0 Å². The number of rotatable bonds is 11. The van der Waals surface area contributed by atoms with Crippen molar-refractivity contribution >= 4 is 28.5 Å². The van der Waals surface area contributed by atoms with E-state index in [9.17, 15) is 14.4 Å². The van der Waals surface area contributed by atoms with Crippen LogP contribution in [0.25, 0.3) is 21.9 Å². The van der Waals surface area contributed by atoms with E-state index in [1.807, 2.05) is 91.0 Å². The number of carbonyl (C=O) groups excluding carboxylic acids is 3. The molecule has 1 aliphatic rings. The van der Waals surface area contributed by atoms with E-state index in [2.05, 4.69) is 28.5 Å². The molecule has 0 aliphatic carbocycles. The van der Waals surface area contributed by atoms with Gasteiger partial charge in [-0.05, 0) is 50.7 Å². The van der Waals surface area contributed by atoms with Gasteiger partial charge in [-0.25, -0.2) is 0 Å². The first-order chi connectivity index (χ1) is 22.5. The summed E-state index contributed by atoms with van der Waals surface area (Å²) in [5, 5.41) is 5.19. The molecule has 3 amide bonds. The van der Waals surface area contributed by atoms with Crippen LogP contribution in [0.15, 0.2) is 122 Å². The van der Waals surface area contributed by atoms with Crippen molar-refractivity contribution in [1.82, 2.24) is 20.1 Å². The second-order valence-electron chi connectivity index (χ2n) is 11.7. The van der Waals surface area contributed by atoms with Gasteiger partial charge in [0, 0.05) is 44.9 Å². The fourth-order valence-corrected chi connectivity index (χ4v) is 6.02. The number of hydrogen-bond donors (Lipinski definition) is 2. The molecule has 8 heteroatoms. The first-order valence-corrected chi connectivity index (χ1v) is 15.6. The van der Waals surface area contributed by atoms with Crippen LogP contribution >= 0.6 is 0 Å². The van der Waals surface area contributed by atoms with Gasteiger partial charge in [0.15, 0.2) is 0 Å². The van der Waals surface area contributed by atoms with Gasteiger partial charge in [0.05, 0.1) is 6.54 Å². The van der Waals surface area contributed by atoms with Gasteiger partial charge in [0.1, 0.15) is 12.1 Å². The maximum atomic E-state index is 14.3. The Bertz CT molecular complexity index is 1810. The van der Waals surface area contributed by atoms with Gasteiger partial charge in [-0.1, -0.05) is 97.1 Å². The van der Waals surface area contributed by atoms with Crippen LogP contribution in [0.1, 0.15) is 23.1 Å². The lowest BCUT2D eigenvalue weighted by atomic mass is 9.97. The maximum absolute atomic E-state index is 14.3. The number of nitrogens with two attached hydrogens (primary N) is 1. The topological polar surface area (TPSA) is 109 Å². The smallest absolute Gasteiger partial charge is 0.246 e. The molecule has 3 N–H and O–H groups in total. The predicted molar refractivity (Wildman–Crippen MR) is 179 cm³/mol. The molecule has 46 heavy (non-hydrogen) atoms. The number of piperazine rings is 1. The van der Waals surface area contributed by atoms with Gasteiger partial charge in [0.25, 0.3) is 0 Å². The van der Waals surface area contributed by atoms with E-state index in [-0.39, 0.29) is 50.3 Å². The summed E-state index contributed by atoms with van der Waals surface area (Å²) in [5.41, 5.74) is 10.6. The Hall–Kier alpha value is -5.34. The minimum absolute atomic E-state index is 0.0452. The van der Waals surface area contributed by atoms with Gasteiger partial charge in [-0.2, -0.15) is 0 Å². The third-order valence-corrected chi connectivity index (χ3v) is 8.47. The highest BCUT2D eigenvalue weighted by Gasteiger charge is 2.41. The van der Waals surface area contributed by atoms with E-state index in [0.29, 0.717) is 6.42 Å². The molecule has 6 rings (SSSR count). The molecule has 0 spiro atoms. The van der Waals surface area contributed by atoms with Crippen LogP contribution in [0.3, 0.4) is 0 Å². The van der Waals surface area contributed by atoms with Crippen molar-refractivity contribution < 1.29 is 14.4 Å². The molecule has 4 aromatic carbocycles. The van der Waals surface area contributed by atoms with Gasteiger partial charge < -0.3 is 20.9 Å². The lowest BCUT2D eigenvalue weighted by Gasteiger charge is -2.41. The summed E-state index contributed by atoms with van der Waals surface area (Å²) in [6.07, 6.45) is 3.83. The molecule has 232 valence electrons. The number of nitrogens with zero attached hydrogens (tertiary/aromatic N) is 3. The zero-order chi connectivity index (χ0) is 31.9. The number of pyridine rings is 1. The van der Waals surface area contributed by atoms with E-state index < -0.39 is 12.1 Å². The largest absolute Gasteiger partial charge is 0.342 e. The fraction of sp³-hybridized carbons (Fsp3) is 0.211. The van der Waals surface area contributed by atoms with E-state index >= 15 is 0 Å². The monoisotopic (exact) mass is 611 g/mol. The number of carbonyl (C=O) groups is 3. The van der Waals surface area contributed by atoms with E-state index in [1.54, 1.807) is 22.2 Å². The second-order valence-corrected chi connectivity index (χ2v) is 11.7. The third-order valence-electron chi connectivity index (χ3n) is 8.47. The van der Waals surface area contributed by atoms with Gasteiger partial charge in [0.2, 0.25) is 17.7 Å². The van der Waals surface area contributed by atoms with Crippen LogP contribution in [0.4, 0.5) is 0 Å². The number of nitrogens with one attached hydrogen (secondary N) is 1. The summed E-state index contributed by atoms with van der Waals surface area (Å²) in [6, 6.07) is 34.3. The van der Waals surface area contributed by atoms with Crippen molar-refractivity contribution in [2.24, 2.45) is 5.73 Å². The molecular formula is C38H37N5O3. The molecule has 2 atom stereocenters. The van der Waals surface area contributed by atoms with Crippen LogP contribution < -0.4 is 11.1 Å². The fourth-order valence-electron chi connectivity index (χ4n) is 6.02. The van der Waals surface area contributed by atoms with Crippen molar-refractivity contribution in [2.75, 3.05) is 13.1 Å². The first kappa shape index (κ1) is 30.7. The average molecular weight is 612 g/mol. The van der Waals surface area contributed by atoms with E-state index in [0.717, 1.165) is 38.6 Å². The molecule has 1 aromatic heterocycles. The van der Waals surface area contributed by atoms with E-state index in [1.165, 1.54) is 0 Å². The number of hydrogen-bond acceptors (Lipinski definition) is 5. The lowest BCUT2D eigenvalue weighted by molar-refractivity contribution is -0.152. The third kappa shape index (κ3) is 7.14. The molecule has 0 saturated carbocycles. The maximum Gasteiger partial charge on any atom is 0.246 e. The van der Waals surface area contributed by atoms with Crippen LogP contribution in [0.5, 0.6) is 0 Å². The Morgan fingerprint density at radius 3 is 2.20 bits per heavy atom. The number of fused-ring (bicyclic) bond motifs is 1. The highest BCUT2D eigenvalue weighted by atomic mass is 16.2. The van der Waals surface area contributed by atoms with Gasteiger partial charge in [-0.3, -0.25) is 19.4 Å². The Morgan fingerprint density at radius 1 is 0.783 bits per heavy atom. The minimum atomic E-state index is -0.877. The van der Waals surface area contributed by atoms with Crippen molar-refractivity contribution in [3.8, 4) is 11.1 Å². The van der Waals surface area contributed by atoms with Crippen molar-refractivity contribution in [3.05, 3.63) is 138 Å². The predicted octanol–water partition coefficient (Wildman–Crippen LogP) is 4.72. The van der Waals surface area contributed by atoms with Gasteiger partial charge in [-0.15, -0.1) is 0 Å². The van der Waals surface area contributed by atoms with Crippen molar-refractivity contribution in [2.45, 2.75) is 38.0 Å². The summed E-state index contributed by atoms with van der Waals surface area (Å²) in [7, 11) is 0. The Labute approximate surface area is 268 Å². The molecular weight excluding hydrogens is 574 g/mol. The second kappa shape index (κ2) is 14.2. The highest BCUT2D eigenvalue weighted by Crippen LogP contribution is 2.24. The van der Waals surface area contributed by atoms with Crippen LogP contribution in [-0.2, 0) is 33.9 Å². The van der Waals surface area contributed by atoms with Crippen molar-refractivity contribution in [1.29, 1.82) is 0 Å². The van der Waals surface area contributed by atoms with Crippen LogP contribution in [0, 0.1) is 0 Å². The number of amides is 3. The SMILES string of the molecule is NCCC(=O)N(Cc1ccncc1)CC1C(=O)NC(Cc2ccc3ccccc3c2)C(=O)N1Cc1ccc(-c2ccccc2)cc1. The molecule has 1 aliphatic heterocycles. The summed E-state index contributed by atoms with van der Waals surface area (Å²) >= 11 is 0. The zero-order valence-electron chi connectivity index (χ0n) is 25.6. The summed E-state index contributed by atoms with van der Waals surface area (Å²) in [4.78, 5) is 48.7. The molecule has 2 unspecified atom stereocenters. The number of benzene rings is 4. The van der Waals surface area contributed by atoms with Crippen molar-refractivity contribution in [3.63, 3.8) is 0 Å². The zero-order valence-corrected chi connectivity index (χ0v) is 25.6. The summed E-state index contributed by atoms with van der Waals surface area (Å²) in [6.45, 7) is 0.740. The summed E-state index contributed by atoms with van der Waals surface area (Å²) in [5.74, 6) is -0.642. The normalized spacial score (nSPS) is 16.3. The Morgan fingerprint density at radius 2 is 1.46 bits per heavy atom. The first-order valence-electron chi connectivity index (χ1n) is 15.6. The molecule has 1 saturated heterocycles. The quantitative estimate of drug-likeness (QED) is 0.225. The molecule has 8 nitrogen and oxygen atoms in total. The standard InChI is InChI=1S/C38H37N5O3/c39-19-16-36(44)42(24-28-17-20-40-21-18-28)26-35-37(45)41-34(23-29-12-15-31-8-4-5-9-33(31)22-29)38(46)43(35)25-27-10-13-32(14-11-27)30-6-2-1-3-7-30/h1-15,17-18,20-22,34-35H,16,19,23-26,39H2,(H,41,45). The number of aromatic nitrogens is 1. The molecule has 5 aromatic rings. The molecule has 1 fully saturated rings. The summed E-state index contributed by atoms with van der Waals surface area (Å²) < 4.78 is 0. The molecule has 0 radical (unpaired) electrons. The van der Waals surface area contributed by atoms with Crippen LogP contribution in [-0.4, -0.2) is 57.7 Å². The lowest BCUT2D eigenvalue weighted by Crippen LogP contribution is -2.66. The minimum Gasteiger partial charge on any atom is -0.342 e.